The van der Waals surface area contributed by atoms with E-state index in [2.05, 4.69) is 12.2 Å². The monoisotopic (exact) mass is 303 g/mol. The zero-order valence-corrected chi connectivity index (χ0v) is 13.1. The van der Waals surface area contributed by atoms with Crippen molar-refractivity contribution in [1.29, 1.82) is 0 Å². The Morgan fingerprint density at radius 1 is 1.18 bits per heavy atom. The molecule has 1 atom stereocenters. The van der Waals surface area contributed by atoms with Gasteiger partial charge in [-0.25, -0.2) is 4.79 Å². The minimum atomic E-state index is -0.973. The summed E-state index contributed by atoms with van der Waals surface area (Å²) in [5.74, 6) is -0.374. The molecule has 2 N–H and O–H groups in total. The van der Waals surface area contributed by atoms with E-state index in [1.165, 1.54) is 6.42 Å². The van der Waals surface area contributed by atoms with Crippen LogP contribution in [0.25, 0.3) is 0 Å². The van der Waals surface area contributed by atoms with Crippen LogP contribution in [0, 0.1) is 11.8 Å². The molecule has 0 heterocycles. The average Bonchev–Trinajstić information content (AvgIpc) is 2.55. The van der Waals surface area contributed by atoms with Crippen LogP contribution in [-0.4, -0.2) is 23.0 Å². The molecule has 1 aromatic rings. The summed E-state index contributed by atoms with van der Waals surface area (Å²) < 4.78 is 0. The Hall–Kier alpha value is -1.84. The van der Waals surface area contributed by atoms with Crippen LogP contribution in [0.4, 0.5) is 0 Å². The lowest BCUT2D eigenvalue weighted by molar-refractivity contribution is -0.142. The third-order valence-electron chi connectivity index (χ3n) is 4.69. The van der Waals surface area contributed by atoms with Crippen molar-refractivity contribution in [2.75, 3.05) is 0 Å². The van der Waals surface area contributed by atoms with Gasteiger partial charge in [-0.1, -0.05) is 43.7 Å². The van der Waals surface area contributed by atoms with Gasteiger partial charge in [0.1, 0.15) is 6.04 Å². The maximum atomic E-state index is 12.3. The fourth-order valence-corrected chi connectivity index (χ4v) is 3.17. The summed E-state index contributed by atoms with van der Waals surface area (Å²) in [5, 5.41) is 12.1. The highest BCUT2D eigenvalue weighted by molar-refractivity contribution is 5.85. The Kier molecular flexibility index (Phi) is 5.99. The van der Waals surface area contributed by atoms with E-state index in [9.17, 15) is 14.7 Å². The number of carbonyl (C=O) groups excluding carboxylic acids is 1. The van der Waals surface area contributed by atoms with Gasteiger partial charge in [-0.05, 0) is 37.2 Å². The van der Waals surface area contributed by atoms with Gasteiger partial charge in [0.05, 0.1) is 0 Å². The second kappa shape index (κ2) is 7.97. The van der Waals surface area contributed by atoms with E-state index in [-0.39, 0.29) is 11.8 Å². The predicted molar refractivity (Wildman–Crippen MR) is 85.5 cm³/mol. The molecule has 1 fully saturated rings. The molecule has 4 nitrogen and oxygen atoms in total. The summed E-state index contributed by atoms with van der Waals surface area (Å²) in [4.78, 5) is 23.7. The van der Waals surface area contributed by atoms with Gasteiger partial charge in [0.25, 0.3) is 0 Å². The smallest absolute Gasteiger partial charge is 0.326 e. The van der Waals surface area contributed by atoms with Crippen LogP contribution in [0.3, 0.4) is 0 Å². The Labute approximate surface area is 131 Å². The fraction of sp³-hybridized carbons (Fsp3) is 0.556. The molecular formula is C18H25NO3. The summed E-state index contributed by atoms with van der Waals surface area (Å²) in [6.45, 7) is 2.19. The Morgan fingerprint density at radius 3 is 2.36 bits per heavy atom. The number of aliphatic carboxylic acids is 1. The van der Waals surface area contributed by atoms with E-state index < -0.39 is 12.0 Å². The first-order chi connectivity index (χ1) is 10.6. The highest BCUT2D eigenvalue weighted by Crippen LogP contribution is 2.30. The van der Waals surface area contributed by atoms with Crippen LogP contribution in [0.1, 0.15) is 44.6 Å². The first kappa shape index (κ1) is 16.5. The molecule has 2 rings (SSSR count). The molecule has 0 radical (unpaired) electrons. The molecule has 22 heavy (non-hydrogen) atoms. The standard InChI is InChI=1S/C18H25NO3/c1-2-13-8-10-15(11-9-13)17(20)19-16(18(21)22)12-14-6-4-3-5-7-14/h3-7,13,15-16H,2,8-12H2,1H3,(H,19,20)(H,21,22)/t13?,15?,16-/m0/s1. The Morgan fingerprint density at radius 2 is 1.82 bits per heavy atom. The molecule has 1 aromatic carbocycles. The van der Waals surface area contributed by atoms with Crippen LogP contribution in [0.5, 0.6) is 0 Å². The van der Waals surface area contributed by atoms with Gasteiger partial charge < -0.3 is 10.4 Å². The largest absolute Gasteiger partial charge is 0.480 e. The summed E-state index contributed by atoms with van der Waals surface area (Å²) in [6, 6.07) is 8.57. The summed E-state index contributed by atoms with van der Waals surface area (Å²) in [6.07, 6.45) is 5.40. The molecule has 0 unspecified atom stereocenters. The Bertz CT molecular complexity index is 492. The van der Waals surface area contributed by atoms with Crippen molar-refractivity contribution in [2.24, 2.45) is 11.8 Å². The number of rotatable bonds is 6. The van der Waals surface area contributed by atoms with Gasteiger partial charge in [0.15, 0.2) is 0 Å². The normalized spacial score (nSPS) is 22.8. The molecule has 0 saturated heterocycles. The number of nitrogens with one attached hydrogen (secondary N) is 1. The van der Waals surface area contributed by atoms with E-state index in [4.69, 9.17) is 0 Å². The van der Waals surface area contributed by atoms with Crippen molar-refractivity contribution in [3.63, 3.8) is 0 Å². The van der Waals surface area contributed by atoms with Crippen LogP contribution < -0.4 is 5.32 Å². The van der Waals surface area contributed by atoms with Gasteiger partial charge in [-0.2, -0.15) is 0 Å². The molecule has 4 heteroatoms. The molecule has 0 aliphatic heterocycles. The van der Waals surface area contributed by atoms with Crippen molar-refractivity contribution in [3.8, 4) is 0 Å². The maximum Gasteiger partial charge on any atom is 0.326 e. The van der Waals surface area contributed by atoms with E-state index in [0.717, 1.165) is 37.2 Å². The topological polar surface area (TPSA) is 66.4 Å². The maximum absolute atomic E-state index is 12.3. The van der Waals surface area contributed by atoms with E-state index >= 15 is 0 Å². The number of hydrogen-bond donors (Lipinski definition) is 2. The molecule has 0 aromatic heterocycles. The number of carboxylic acids is 1. The molecule has 0 bridgehead atoms. The highest BCUT2D eigenvalue weighted by Gasteiger charge is 2.28. The van der Waals surface area contributed by atoms with Crippen LogP contribution in [0.2, 0.25) is 0 Å². The van der Waals surface area contributed by atoms with Gasteiger partial charge in [0.2, 0.25) is 5.91 Å². The van der Waals surface area contributed by atoms with Gasteiger partial charge in [0, 0.05) is 12.3 Å². The van der Waals surface area contributed by atoms with E-state index in [1.54, 1.807) is 0 Å². The van der Waals surface area contributed by atoms with Gasteiger partial charge in [-0.3, -0.25) is 4.79 Å². The summed E-state index contributed by atoms with van der Waals surface area (Å²) in [7, 11) is 0. The van der Waals surface area contributed by atoms with Gasteiger partial charge in [-0.15, -0.1) is 0 Å². The second-order valence-electron chi connectivity index (χ2n) is 6.22. The van der Waals surface area contributed by atoms with Crippen molar-refractivity contribution in [3.05, 3.63) is 35.9 Å². The molecular weight excluding hydrogens is 278 g/mol. The number of carboxylic acid groups (broad SMARTS) is 1. The first-order valence-corrected chi connectivity index (χ1v) is 8.17. The SMILES string of the molecule is CCC1CCC(C(=O)N[C@@H](Cc2ccccc2)C(=O)O)CC1. The molecule has 120 valence electrons. The highest BCUT2D eigenvalue weighted by atomic mass is 16.4. The van der Waals surface area contributed by atoms with Gasteiger partial charge >= 0.3 is 5.97 Å². The summed E-state index contributed by atoms with van der Waals surface area (Å²) in [5.41, 5.74) is 0.921. The third kappa shape index (κ3) is 4.58. The van der Waals surface area contributed by atoms with E-state index in [0.29, 0.717) is 6.42 Å². The number of hydrogen-bond acceptors (Lipinski definition) is 2. The average molecular weight is 303 g/mol. The fourth-order valence-electron chi connectivity index (χ4n) is 3.17. The van der Waals surface area contributed by atoms with Crippen LogP contribution in [0.15, 0.2) is 30.3 Å². The predicted octanol–water partition coefficient (Wildman–Crippen LogP) is 3.01. The van der Waals surface area contributed by atoms with Crippen LogP contribution >= 0.6 is 0 Å². The van der Waals surface area contributed by atoms with Crippen molar-refractivity contribution in [1.82, 2.24) is 5.32 Å². The first-order valence-electron chi connectivity index (χ1n) is 8.17. The second-order valence-corrected chi connectivity index (χ2v) is 6.22. The molecule has 0 spiro atoms. The van der Waals surface area contributed by atoms with Crippen molar-refractivity contribution < 1.29 is 14.7 Å². The lowest BCUT2D eigenvalue weighted by Crippen LogP contribution is -2.45. The number of benzene rings is 1. The minimum Gasteiger partial charge on any atom is -0.480 e. The van der Waals surface area contributed by atoms with Crippen LogP contribution in [-0.2, 0) is 16.0 Å². The Balaban J connectivity index is 1.91. The zero-order chi connectivity index (χ0) is 15.9. The third-order valence-corrected chi connectivity index (χ3v) is 4.69. The van der Waals surface area contributed by atoms with Crippen molar-refractivity contribution in [2.45, 2.75) is 51.5 Å². The lowest BCUT2D eigenvalue weighted by atomic mass is 9.80. The molecule has 1 aliphatic rings. The molecule has 1 saturated carbocycles. The number of carbonyl (C=O) groups is 2. The molecule has 1 amide bonds. The zero-order valence-electron chi connectivity index (χ0n) is 13.1. The van der Waals surface area contributed by atoms with E-state index in [1.807, 2.05) is 30.3 Å². The summed E-state index contributed by atoms with van der Waals surface area (Å²) >= 11 is 0. The quantitative estimate of drug-likeness (QED) is 0.849. The minimum absolute atomic E-state index is 0.0274. The van der Waals surface area contributed by atoms with Crippen molar-refractivity contribution >= 4 is 11.9 Å². The molecule has 1 aliphatic carbocycles. The number of amides is 1. The lowest BCUT2D eigenvalue weighted by Gasteiger charge is -2.28.